The van der Waals surface area contributed by atoms with Gasteiger partial charge in [-0.3, -0.25) is 9.59 Å². The highest BCUT2D eigenvalue weighted by atomic mass is 16.7. The number of nitrogens with zero attached hydrogens (tertiary/aromatic N) is 2. The molecule has 11 heteroatoms. The van der Waals surface area contributed by atoms with Crippen LogP contribution < -0.4 is 14.2 Å². The third-order valence-corrected chi connectivity index (χ3v) is 13.2. The second kappa shape index (κ2) is 19.3. The molecule has 0 aromatic heterocycles. The summed E-state index contributed by atoms with van der Waals surface area (Å²) in [6.07, 6.45) is 11.4. The van der Waals surface area contributed by atoms with Gasteiger partial charge >= 0.3 is 0 Å². The number of unbranched alkanes of at least 4 members (excludes halogenated alkanes) is 2. The van der Waals surface area contributed by atoms with Crippen molar-refractivity contribution in [2.45, 2.75) is 82.1 Å². The first-order valence-corrected chi connectivity index (χ1v) is 22.1. The molecule has 8 rings (SSSR count). The van der Waals surface area contributed by atoms with Crippen molar-refractivity contribution >= 4 is 28.7 Å². The molecule has 6 unspecified atom stereocenters. The van der Waals surface area contributed by atoms with Gasteiger partial charge in [0.1, 0.15) is 36.1 Å². The van der Waals surface area contributed by atoms with Crippen LogP contribution in [0.4, 0.5) is 0 Å². The average Bonchev–Trinajstić information content (AvgIpc) is 4.15. The average molecular weight is 843 g/mol. The first kappa shape index (κ1) is 43.2. The van der Waals surface area contributed by atoms with Crippen molar-refractivity contribution in [3.63, 3.8) is 0 Å². The minimum Gasteiger partial charge on any atom is -0.496 e. The molecule has 326 valence electrons. The molecule has 2 fully saturated rings. The lowest BCUT2D eigenvalue weighted by molar-refractivity contribution is -0.258. The zero-order valence-corrected chi connectivity index (χ0v) is 35.7. The Kier molecular flexibility index (Phi) is 13.4. The van der Waals surface area contributed by atoms with Crippen molar-refractivity contribution in [1.29, 1.82) is 0 Å². The highest BCUT2D eigenvalue weighted by Crippen LogP contribution is 2.62. The second-order valence-corrected chi connectivity index (χ2v) is 17.0. The molecule has 4 aromatic rings. The zero-order valence-electron chi connectivity index (χ0n) is 35.7. The summed E-state index contributed by atoms with van der Waals surface area (Å²) in [6.45, 7) is 4.78. The number of hydrogen-bond acceptors (Lipinski definition) is 10. The lowest BCUT2D eigenvalue weighted by atomic mass is 9.55. The number of carbonyl (C=O) groups is 2. The molecule has 0 bridgehead atoms. The van der Waals surface area contributed by atoms with Crippen LogP contribution in [-0.4, -0.2) is 78.9 Å². The predicted octanol–water partition coefficient (Wildman–Crippen LogP) is 9.16. The zero-order chi connectivity index (χ0) is 43.2. The second-order valence-electron chi connectivity index (χ2n) is 17.0. The molecule has 1 heterocycles. The van der Waals surface area contributed by atoms with Crippen LogP contribution in [0.2, 0.25) is 0 Å². The largest absolute Gasteiger partial charge is 0.496 e. The first-order chi connectivity index (χ1) is 30.4. The SMILES string of the molecule is C=CCOC12Oc3ccc(Oc4ccc(OC)c(C=O)c4)cc3C3C(CCCCO)C(CCCCO)C=C(C(=NOC)CC1N(Cc1cccc4ccccc14)C(=O)C1CC1)C32. The van der Waals surface area contributed by atoms with Crippen molar-refractivity contribution in [3.05, 3.63) is 120 Å². The molecule has 2 N–H and O–H groups in total. The maximum atomic E-state index is 15.0. The van der Waals surface area contributed by atoms with Crippen LogP contribution in [0.5, 0.6) is 23.0 Å². The number of methoxy groups -OCH3 is 1. The highest BCUT2D eigenvalue weighted by molar-refractivity contribution is 6.03. The predicted molar refractivity (Wildman–Crippen MR) is 238 cm³/mol. The van der Waals surface area contributed by atoms with Crippen LogP contribution in [0.1, 0.15) is 85.2 Å². The van der Waals surface area contributed by atoms with E-state index < -0.39 is 17.7 Å². The topological polar surface area (TPSA) is 136 Å². The Morgan fingerprint density at radius 3 is 2.45 bits per heavy atom. The smallest absolute Gasteiger partial charge is 0.239 e. The van der Waals surface area contributed by atoms with E-state index in [4.69, 9.17) is 28.9 Å². The Bertz CT molecular complexity index is 2310. The minimum absolute atomic E-state index is 0.0504. The Labute approximate surface area is 363 Å². The van der Waals surface area contributed by atoms with Gasteiger partial charge in [0.15, 0.2) is 6.29 Å². The van der Waals surface area contributed by atoms with Crippen LogP contribution in [-0.2, 0) is 20.9 Å². The highest BCUT2D eigenvalue weighted by Gasteiger charge is 2.66. The first-order valence-electron chi connectivity index (χ1n) is 22.1. The lowest BCUT2D eigenvalue weighted by Crippen LogP contribution is -2.70. The third kappa shape index (κ3) is 8.50. The van der Waals surface area contributed by atoms with Crippen molar-refractivity contribution in [3.8, 4) is 23.0 Å². The van der Waals surface area contributed by atoms with Crippen LogP contribution >= 0.6 is 0 Å². The van der Waals surface area contributed by atoms with Gasteiger partial charge in [-0.25, -0.2) is 0 Å². The van der Waals surface area contributed by atoms with Crippen molar-refractivity contribution in [1.82, 2.24) is 4.90 Å². The van der Waals surface area contributed by atoms with E-state index in [1.165, 1.54) is 7.11 Å². The molecule has 2 saturated carbocycles. The molecular formula is C51H58N2O9. The molecule has 0 saturated heterocycles. The van der Waals surface area contributed by atoms with Crippen LogP contribution in [0.15, 0.2) is 108 Å². The van der Waals surface area contributed by atoms with E-state index in [-0.39, 0.29) is 49.4 Å². The molecule has 0 spiro atoms. The van der Waals surface area contributed by atoms with Crippen LogP contribution in [0.25, 0.3) is 10.8 Å². The number of benzene rings is 4. The normalized spacial score (nSPS) is 24.3. The monoisotopic (exact) mass is 842 g/mol. The van der Waals surface area contributed by atoms with Crippen LogP contribution in [0.3, 0.4) is 0 Å². The Balaban J connectivity index is 1.33. The van der Waals surface area contributed by atoms with Gasteiger partial charge in [0.25, 0.3) is 0 Å². The molecule has 6 atom stereocenters. The summed E-state index contributed by atoms with van der Waals surface area (Å²) in [6, 6.07) is 24.9. The van der Waals surface area contributed by atoms with E-state index >= 15 is 0 Å². The molecule has 3 aliphatic carbocycles. The van der Waals surface area contributed by atoms with Crippen molar-refractivity contribution in [2.75, 3.05) is 34.0 Å². The molecule has 1 aliphatic heterocycles. The standard InChI is InChI=1S/C51H58N2O9/c1-4-26-60-51-47(53(50(57)34-18-19-34)31-36-15-11-14-33-12-5-6-16-40(33)36)30-44(52-59-3)42-28-35(13-7-9-24-54)41(17-8-10-25-55)48(49(42)51)43-29-39(21-23-46(43)62-51)61-38-20-22-45(58-2)37(27-38)32-56/h4-6,11-12,14-16,20-23,27-29,32,34-35,41,47-49,54-55H,1,7-10,13,17-19,24-26,30-31H2,2-3H3. The molecular weight excluding hydrogens is 785 g/mol. The Hall–Kier alpha value is -5.49. The van der Waals surface area contributed by atoms with Gasteiger partial charge < -0.3 is 38.9 Å². The van der Waals surface area contributed by atoms with E-state index in [9.17, 15) is 19.8 Å². The number of carbonyl (C=O) groups excluding carboxylic acids is 2. The molecule has 4 aliphatic rings. The Morgan fingerprint density at radius 2 is 1.71 bits per heavy atom. The number of aliphatic hydroxyl groups is 2. The van der Waals surface area contributed by atoms with Gasteiger partial charge in [-0.05, 0) is 109 Å². The van der Waals surface area contributed by atoms with E-state index in [2.05, 4.69) is 36.9 Å². The number of hydrogen-bond donors (Lipinski definition) is 2. The molecule has 4 aromatic carbocycles. The summed E-state index contributed by atoms with van der Waals surface area (Å²) in [7, 11) is 3.08. The summed E-state index contributed by atoms with van der Waals surface area (Å²) in [4.78, 5) is 34.6. The summed E-state index contributed by atoms with van der Waals surface area (Å²) >= 11 is 0. The van der Waals surface area contributed by atoms with Gasteiger partial charge in [0, 0.05) is 43.6 Å². The van der Waals surface area contributed by atoms with Gasteiger partial charge in [0.05, 0.1) is 30.9 Å². The fourth-order valence-electron chi connectivity index (χ4n) is 10.3. The number of rotatable bonds is 20. The summed E-state index contributed by atoms with van der Waals surface area (Å²) in [5.74, 6) is 0.197. The number of aldehydes is 1. The van der Waals surface area contributed by atoms with E-state index in [0.717, 1.165) is 78.0 Å². The lowest BCUT2D eigenvalue weighted by Gasteiger charge is -2.60. The number of amides is 1. The molecule has 1 amide bonds. The molecule has 11 nitrogen and oxygen atoms in total. The van der Waals surface area contributed by atoms with E-state index in [0.29, 0.717) is 54.4 Å². The molecule has 0 radical (unpaired) electrons. The van der Waals surface area contributed by atoms with Gasteiger partial charge in [0.2, 0.25) is 11.7 Å². The van der Waals surface area contributed by atoms with E-state index in [1.807, 2.05) is 41.3 Å². The number of ether oxygens (including phenoxy) is 4. The van der Waals surface area contributed by atoms with Crippen LogP contribution in [0, 0.1) is 23.7 Å². The fourth-order valence-corrected chi connectivity index (χ4v) is 10.3. The number of aliphatic hydroxyl groups excluding tert-OH is 2. The summed E-state index contributed by atoms with van der Waals surface area (Å²) < 4.78 is 26.5. The fraction of sp³-hybridized carbons (Fsp3) is 0.431. The maximum absolute atomic E-state index is 15.0. The van der Waals surface area contributed by atoms with Crippen molar-refractivity contribution < 1.29 is 43.6 Å². The third-order valence-electron chi connectivity index (χ3n) is 13.2. The van der Waals surface area contributed by atoms with Gasteiger partial charge in [-0.2, -0.15) is 0 Å². The quantitative estimate of drug-likeness (QED) is 0.0387. The number of fused-ring (bicyclic) bond motifs is 3. The Morgan fingerprint density at radius 1 is 0.952 bits per heavy atom. The number of oxime groups is 1. The summed E-state index contributed by atoms with van der Waals surface area (Å²) in [5.41, 5.74) is 4.06. The maximum Gasteiger partial charge on any atom is 0.239 e. The van der Waals surface area contributed by atoms with Gasteiger partial charge in [-0.15, -0.1) is 6.58 Å². The number of allylic oxidation sites excluding steroid dienone is 1. The summed E-state index contributed by atoms with van der Waals surface area (Å²) in [5, 5.41) is 26.8. The van der Waals surface area contributed by atoms with Gasteiger partial charge in [-0.1, -0.05) is 72.6 Å². The van der Waals surface area contributed by atoms with Crippen molar-refractivity contribution in [2.24, 2.45) is 28.8 Å². The molecule has 62 heavy (non-hydrogen) atoms. The minimum atomic E-state index is -1.37. The van der Waals surface area contributed by atoms with E-state index in [1.54, 1.807) is 31.4 Å².